The number of aromatic nitrogens is 2. The van der Waals surface area contributed by atoms with Gasteiger partial charge in [-0.25, -0.2) is 0 Å². The molecule has 3 heteroatoms. The number of hydrogen-bond acceptors (Lipinski definition) is 2. The standard InChI is InChI=1S/C10H17N3/c1-3-13-7-9(6-12-13)10(2)4-5-11-8-10/h6-7,11H,3-5,8H2,1-2H3. The molecule has 1 N–H and O–H groups in total. The third-order valence-corrected chi connectivity index (χ3v) is 3.02. The third-order valence-electron chi connectivity index (χ3n) is 3.02. The molecule has 1 saturated heterocycles. The Labute approximate surface area is 79.1 Å². The molecule has 1 aliphatic rings. The van der Waals surface area contributed by atoms with E-state index in [9.17, 15) is 0 Å². The van der Waals surface area contributed by atoms with Crippen LogP contribution in [-0.4, -0.2) is 22.9 Å². The maximum absolute atomic E-state index is 4.31. The average Bonchev–Trinajstić information content (AvgIpc) is 2.72. The lowest BCUT2D eigenvalue weighted by Gasteiger charge is -2.20. The minimum atomic E-state index is 0.313. The van der Waals surface area contributed by atoms with Gasteiger partial charge in [-0.3, -0.25) is 4.68 Å². The van der Waals surface area contributed by atoms with Crippen molar-refractivity contribution in [1.82, 2.24) is 15.1 Å². The molecule has 0 amide bonds. The molecule has 0 aliphatic carbocycles. The molecule has 2 rings (SSSR count). The fourth-order valence-corrected chi connectivity index (χ4v) is 1.91. The zero-order chi connectivity index (χ0) is 9.31. The lowest BCUT2D eigenvalue weighted by atomic mass is 9.84. The number of nitrogens with zero attached hydrogens (tertiary/aromatic N) is 2. The number of nitrogens with one attached hydrogen (secondary N) is 1. The van der Waals surface area contributed by atoms with Crippen LogP contribution in [0.2, 0.25) is 0 Å². The zero-order valence-electron chi connectivity index (χ0n) is 8.38. The predicted octanol–water partition coefficient (Wildman–Crippen LogP) is 1.15. The van der Waals surface area contributed by atoms with Crippen molar-refractivity contribution in [3.8, 4) is 0 Å². The van der Waals surface area contributed by atoms with Gasteiger partial charge in [-0.05, 0) is 25.5 Å². The summed E-state index contributed by atoms with van der Waals surface area (Å²) in [7, 11) is 0. The summed E-state index contributed by atoms with van der Waals surface area (Å²) >= 11 is 0. The fraction of sp³-hybridized carbons (Fsp3) is 0.700. The average molecular weight is 179 g/mol. The Balaban J connectivity index is 2.23. The molecule has 2 heterocycles. The van der Waals surface area contributed by atoms with Crippen LogP contribution in [0.1, 0.15) is 25.8 Å². The zero-order valence-corrected chi connectivity index (χ0v) is 8.38. The molecular formula is C10H17N3. The molecule has 3 nitrogen and oxygen atoms in total. The molecule has 1 aromatic heterocycles. The minimum absolute atomic E-state index is 0.313. The van der Waals surface area contributed by atoms with Crippen LogP contribution in [0.15, 0.2) is 12.4 Å². The molecule has 1 aromatic rings. The molecule has 0 radical (unpaired) electrons. The van der Waals surface area contributed by atoms with Gasteiger partial charge in [-0.2, -0.15) is 5.10 Å². The first-order valence-corrected chi connectivity index (χ1v) is 4.98. The van der Waals surface area contributed by atoms with Gasteiger partial charge in [0.15, 0.2) is 0 Å². The second-order valence-corrected chi connectivity index (χ2v) is 4.07. The summed E-state index contributed by atoms with van der Waals surface area (Å²) in [5.74, 6) is 0. The van der Waals surface area contributed by atoms with Crippen LogP contribution >= 0.6 is 0 Å². The lowest BCUT2D eigenvalue weighted by molar-refractivity contribution is 0.523. The van der Waals surface area contributed by atoms with Gasteiger partial charge in [0.25, 0.3) is 0 Å². The summed E-state index contributed by atoms with van der Waals surface area (Å²) in [5.41, 5.74) is 1.69. The molecule has 1 aliphatic heterocycles. The van der Waals surface area contributed by atoms with Crippen molar-refractivity contribution in [2.45, 2.75) is 32.2 Å². The molecule has 0 aromatic carbocycles. The summed E-state index contributed by atoms with van der Waals surface area (Å²) in [6.45, 7) is 7.61. The topological polar surface area (TPSA) is 29.9 Å². The highest BCUT2D eigenvalue weighted by Crippen LogP contribution is 2.29. The molecule has 1 fully saturated rings. The Morgan fingerprint density at radius 2 is 2.54 bits per heavy atom. The maximum Gasteiger partial charge on any atom is 0.0527 e. The Morgan fingerprint density at radius 3 is 3.08 bits per heavy atom. The summed E-state index contributed by atoms with van der Waals surface area (Å²) in [6.07, 6.45) is 5.41. The van der Waals surface area contributed by atoms with Crippen molar-refractivity contribution < 1.29 is 0 Å². The second-order valence-electron chi connectivity index (χ2n) is 4.07. The van der Waals surface area contributed by atoms with Gasteiger partial charge in [-0.1, -0.05) is 6.92 Å². The quantitative estimate of drug-likeness (QED) is 0.738. The number of rotatable bonds is 2. The van der Waals surface area contributed by atoms with E-state index in [0.717, 1.165) is 19.6 Å². The fourth-order valence-electron chi connectivity index (χ4n) is 1.91. The molecule has 1 unspecified atom stereocenters. The van der Waals surface area contributed by atoms with E-state index in [2.05, 4.69) is 30.5 Å². The van der Waals surface area contributed by atoms with E-state index in [4.69, 9.17) is 0 Å². The van der Waals surface area contributed by atoms with Crippen LogP contribution in [0.4, 0.5) is 0 Å². The molecular weight excluding hydrogens is 162 g/mol. The molecule has 72 valence electrons. The van der Waals surface area contributed by atoms with Crippen LogP contribution in [0, 0.1) is 0 Å². The highest BCUT2D eigenvalue weighted by molar-refractivity contribution is 5.20. The Morgan fingerprint density at radius 1 is 1.69 bits per heavy atom. The van der Waals surface area contributed by atoms with Crippen LogP contribution in [0.25, 0.3) is 0 Å². The van der Waals surface area contributed by atoms with Crippen molar-refractivity contribution in [3.63, 3.8) is 0 Å². The van der Waals surface area contributed by atoms with Crippen LogP contribution in [0.5, 0.6) is 0 Å². The largest absolute Gasteiger partial charge is 0.316 e. The third kappa shape index (κ3) is 1.48. The van der Waals surface area contributed by atoms with E-state index in [1.807, 2.05) is 10.9 Å². The molecule has 0 saturated carbocycles. The minimum Gasteiger partial charge on any atom is -0.316 e. The first kappa shape index (κ1) is 8.75. The Bertz CT molecular complexity index is 284. The summed E-state index contributed by atoms with van der Waals surface area (Å²) in [4.78, 5) is 0. The summed E-state index contributed by atoms with van der Waals surface area (Å²) in [5, 5.41) is 7.71. The van der Waals surface area contributed by atoms with E-state index >= 15 is 0 Å². The second kappa shape index (κ2) is 3.14. The van der Waals surface area contributed by atoms with Gasteiger partial charge < -0.3 is 5.32 Å². The first-order chi connectivity index (χ1) is 6.24. The Hall–Kier alpha value is -0.830. The van der Waals surface area contributed by atoms with Crippen LogP contribution in [-0.2, 0) is 12.0 Å². The van der Waals surface area contributed by atoms with Gasteiger partial charge in [0.1, 0.15) is 0 Å². The maximum atomic E-state index is 4.31. The van der Waals surface area contributed by atoms with Gasteiger partial charge in [0.05, 0.1) is 6.20 Å². The highest BCUT2D eigenvalue weighted by Gasteiger charge is 2.31. The van der Waals surface area contributed by atoms with Crippen molar-refractivity contribution in [1.29, 1.82) is 0 Å². The van der Waals surface area contributed by atoms with E-state index in [0.29, 0.717) is 5.41 Å². The summed E-state index contributed by atoms with van der Waals surface area (Å²) < 4.78 is 2.00. The van der Waals surface area contributed by atoms with E-state index < -0.39 is 0 Å². The normalized spacial score (nSPS) is 28.2. The van der Waals surface area contributed by atoms with E-state index in [1.54, 1.807) is 0 Å². The van der Waals surface area contributed by atoms with Crippen LogP contribution < -0.4 is 5.32 Å². The highest BCUT2D eigenvalue weighted by atomic mass is 15.3. The smallest absolute Gasteiger partial charge is 0.0527 e. The van der Waals surface area contributed by atoms with Gasteiger partial charge in [0, 0.05) is 24.7 Å². The summed E-state index contributed by atoms with van der Waals surface area (Å²) in [6, 6.07) is 0. The SMILES string of the molecule is CCn1cc(C2(C)CCNC2)cn1. The van der Waals surface area contributed by atoms with Gasteiger partial charge >= 0.3 is 0 Å². The van der Waals surface area contributed by atoms with E-state index in [-0.39, 0.29) is 0 Å². The monoisotopic (exact) mass is 179 g/mol. The van der Waals surface area contributed by atoms with Gasteiger partial charge in [0.2, 0.25) is 0 Å². The van der Waals surface area contributed by atoms with Crippen molar-refractivity contribution in [2.75, 3.05) is 13.1 Å². The van der Waals surface area contributed by atoms with Crippen molar-refractivity contribution in [3.05, 3.63) is 18.0 Å². The van der Waals surface area contributed by atoms with Gasteiger partial charge in [-0.15, -0.1) is 0 Å². The van der Waals surface area contributed by atoms with Crippen molar-refractivity contribution in [2.24, 2.45) is 0 Å². The number of hydrogen-bond donors (Lipinski definition) is 1. The molecule has 13 heavy (non-hydrogen) atoms. The Kier molecular flexibility index (Phi) is 2.12. The van der Waals surface area contributed by atoms with Crippen LogP contribution in [0.3, 0.4) is 0 Å². The molecule has 0 spiro atoms. The first-order valence-electron chi connectivity index (χ1n) is 4.98. The number of aryl methyl sites for hydroxylation is 1. The molecule has 1 atom stereocenters. The van der Waals surface area contributed by atoms with E-state index in [1.165, 1.54) is 12.0 Å². The van der Waals surface area contributed by atoms with Crippen molar-refractivity contribution >= 4 is 0 Å². The predicted molar refractivity (Wildman–Crippen MR) is 52.7 cm³/mol. The lowest BCUT2D eigenvalue weighted by Crippen LogP contribution is -2.24. The molecule has 0 bridgehead atoms.